The van der Waals surface area contributed by atoms with E-state index in [1.54, 1.807) is 14.2 Å². The van der Waals surface area contributed by atoms with Crippen molar-refractivity contribution in [2.75, 3.05) is 32.2 Å². The highest BCUT2D eigenvalue weighted by Gasteiger charge is 2.22. The smallest absolute Gasteiger partial charge is 0.261 e. The molecule has 29 heavy (non-hydrogen) atoms. The predicted octanol–water partition coefficient (Wildman–Crippen LogP) is 4.43. The van der Waals surface area contributed by atoms with Crippen LogP contribution in [-0.4, -0.2) is 33.2 Å². The summed E-state index contributed by atoms with van der Waals surface area (Å²) in [4.78, 5) is 15.6. The van der Waals surface area contributed by atoms with E-state index >= 15 is 0 Å². The van der Waals surface area contributed by atoms with Gasteiger partial charge in [-0.15, -0.1) is 11.3 Å². The largest absolute Gasteiger partial charge is 0.493 e. The number of nitrogens with one attached hydrogen (secondary N) is 1. The number of fused-ring (bicyclic) bond motifs is 1. The second-order valence-electron chi connectivity index (χ2n) is 6.86. The molecule has 0 unspecified atom stereocenters. The number of thiophene rings is 1. The van der Waals surface area contributed by atoms with Gasteiger partial charge in [0.25, 0.3) is 5.91 Å². The highest BCUT2D eigenvalue weighted by molar-refractivity contribution is 7.18. The fourth-order valence-electron chi connectivity index (χ4n) is 3.61. The Morgan fingerprint density at radius 2 is 1.90 bits per heavy atom. The molecule has 150 valence electrons. The summed E-state index contributed by atoms with van der Waals surface area (Å²) < 4.78 is 10.6. The molecule has 0 saturated heterocycles. The summed E-state index contributed by atoms with van der Waals surface area (Å²) in [6.45, 7) is 1.52. The molecule has 0 aliphatic carbocycles. The van der Waals surface area contributed by atoms with E-state index in [-0.39, 0.29) is 5.91 Å². The van der Waals surface area contributed by atoms with Crippen molar-refractivity contribution in [1.29, 1.82) is 0 Å². The zero-order chi connectivity index (χ0) is 20.2. The van der Waals surface area contributed by atoms with Gasteiger partial charge in [0.15, 0.2) is 11.5 Å². The number of anilines is 2. The van der Waals surface area contributed by atoms with Crippen molar-refractivity contribution in [3.05, 3.63) is 70.6 Å². The normalized spacial score (nSPS) is 12.6. The van der Waals surface area contributed by atoms with E-state index in [2.05, 4.69) is 34.5 Å². The maximum absolute atomic E-state index is 12.6. The van der Waals surface area contributed by atoms with E-state index in [1.165, 1.54) is 22.6 Å². The zero-order valence-corrected chi connectivity index (χ0v) is 17.4. The number of rotatable bonds is 7. The van der Waals surface area contributed by atoms with Crippen molar-refractivity contribution in [3.8, 4) is 11.5 Å². The summed E-state index contributed by atoms with van der Waals surface area (Å²) >= 11 is 1.54. The Kier molecular flexibility index (Phi) is 5.71. The summed E-state index contributed by atoms with van der Waals surface area (Å²) in [6, 6.07) is 18.2. The van der Waals surface area contributed by atoms with Crippen LogP contribution >= 0.6 is 11.3 Å². The lowest BCUT2D eigenvalue weighted by Crippen LogP contribution is -2.24. The maximum Gasteiger partial charge on any atom is 0.261 e. The number of para-hydroxylation sites is 1. The Balaban J connectivity index is 1.36. The number of amides is 1. The third-order valence-electron chi connectivity index (χ3n) is 5.12. The Hall–Kier alpha value is -2.99. The third kappa shape index (κ3) is 4.07. The summed E-state index contributed by atoms with van der Waals surface area (Å²) in [6.07, 6.45) is 1.77. The van der Waals surface area contributed by atoms with Gasteiger partial charge in [-0.3, -0.25) is 4.79 Å². The Labute approximate surface area is 174 Å². The van der Waals surface area contributed by atoms with Crippen LogP contribution in [0.25, 0.3) is 0 Å². The lowest BCUT2D eigenvalue weighted by Gasteiger charge is -2.16. The number of carbonyl (C=O) groups excluding carboxylic acids is 1. The maximum atomic E-state index is 12.6. The minimum Gasteiger partial charge on any atom is -0.493 e. The van der Waals surface area contributed by atoms with E-state index < -0.39 is 0 Å². The summed E-state index contributed by atoms with van der Waals surface area (Å²) in [5.41, 5.74) is 3.69. The topological polar surface area (TPSA) is 50.8 Å². The van der Waals surface area contributed by atoms with Crippen LogP contribution in [-0.2, 0) is 12.8 Å². The molecule has 1 aliphatic rings. The van der Waals surface area contributed by atoms with Crippen LogP contribution < -0.4 is 19.7 Å². The first-order chi connectivity index (χ1) is 14.2. The molecule has 1 N–H and O–H groups in total. The second-order valence-corrected chi connectivity index (χ2v) is 7.93. The van der Waals surface area contributed by atoms with Gasteiger partial charge in [0.1, 0.15) is 0 Å². The van der Waals surface area contributed by atoms with Gasteiger partial charge >= 0.3 is 0 Å². The first-order valence-electron chi connectivity index (χ1n) is 9.64. The third-order valence-corrected chi connectivity index (χ3v) is 6.22. The molecule has 5 nitrogen and oxygen atoms in total. The van der Waals surface area contributed by atoms with E-state index in [0.717, 1.165) is 34.8 Å². The van der Waals surface area contributed by atoms with Gasteiger partial charge in [-0.2, -0.15) is 0 Å². The lowest BCUT2D eigenvalue weighted by atomic mass is 10.1. The summed E-state index contributed by atoms with van der Waals surface area (Å²) in [7, 11) is 3.24. The van der Waals surface area contributed by atoms with Gasteiger partial charge in [-0.25, -0.2) is 0 Å². The van der Waals surface area contributed by atoms with Crippen molar-refractivity contribution in [1.82, 2.24) is 5.32 Å². The fourth-order valence-corrected chi connectivity index (χ4v) is 4.57. The molecule has 3 aromatic rings. The molecular weight excluding hydrogens is 384 g/mol. The molecule has 0 atom stereocenters. The number of carbonyl (C=O) groups is 1. The quantitative estimate of drug-likeness (QED) is 0.628. The summed E-state index contributed by atoms with van der Waals surface area (Å²) in [5, 5.41) is 4.13. The highest BCUT2D eigenvalue weighted by Crippen LogP contribution is 2.38. The van der Waals surface area contributed by atoms with Gasteiger partial charge in [-0.05, 0) is 54.3 Å². The van der Waals surface area contributed by atoms with Crippen LogP contribution in [0.1, 0.15) is 20.8 Å². The molecule has 0 fully saturated rings. The minimum atomic E-state index is -0.0331. The molecule has 4 rings (SSSR count). The van der Waals surface area contributed by atoms with Gasteiger partial charge in [0.2, 0.25) is 0 Å². The molecule has 2 heterocycles. The zero-order valence-electron chi connectivity index (χ0n) is 16.6. The van der Waals surface area contributed by atoms with Crippen molar-refractivity contribution in [2.45, 2.75) is 12.8 Å². The lowest BCUT2D eigenvalue weighted by molar-refractivity contribution is 0.0958. The molecule has 0 bridgehead atoms. The van der Waals surface area contributed by atoms with Gasteiger partial charge < -0.3 is 19.7 Å². The van der Waals surface area contributed by atoms with Crippen LogP contribution in [0.5, 0.6) is 11.5 Å². The van der Waals surface area contributed by atoms with Gasteiger partial charge in [-0.1, -0.05) is 24.3 Å². The molecule has 0 radical (unpaired) electrons. The number of nitrogens with zero attached hydrogens (tertiary/aromatic N) is 1. The van der Waals surface area contributed by atoms with Crippen molar-refractivity contribution >= 4 is 27.9 Å². The second kappa shape index (κ2) is 8.57. The van der Waals surface area contributed by atoms with Crippen molar-refractivity contribution in [2.24, 2.45) is 0 Å². The average Bonchev–Trinajstić information content (AvgIpc) is 3.40. The van der Waals surface area contributed by atoms with Crippen molar-refractivity contribution in [3.63, 3.8) is 0 Å². The highest BCUT2D eigenvalue weighted by atomic mass is 32.1. The number of ether oxygens (including phenoxy) is 2. The number of benzene rings is 2. The van der Waals surface area contributed by atoms with Gasteiger partial charge in [0, 0.05) is 18.8 Å². The number of methoxy groups -OCH3 is 2. The molecule has 0 saturated carbocycles. The Morgan fingerprint density at radius 3 is 2.72 bits per heavy atom. The average molecular weight is 409 g/mol. The van der Waals surface area contributed by atoms with E-state index in [1.807, 2.05) is 30.3 Å². The first kappa shape index (κ1) is 19.3. The Bertz CT molecular complexity index is 1010. The molecule has 6 heteroatoms. The standard InChI is InChI=1S/C23H24N2O3S/c1-27-19-8-7-16(15-20(19)28-2)11-13-24-23(26)21-9-10-22(29-21)25-14-12-17-5-3-4-6-18(17)25/h3-10,15H,11-14H2,1-2H3,(H,24,26). The predicted molar refractivity (Wildman–Crippen MR) is 117 cm³/mol. The van der Waals surface area contributed by atoms with Crippen LogP contribution in [0.4, 0.5) is 10.7 Å². The fraction of sp³-hybridized carbons (Fsp3) is 0.261. The van der Waals surface area contributed by atoms with E-state index in [4.69, 9.17) is 9.47 Å². The Morgan fingerprint density at radius 1 is 1.07 bits per heavy atom. The molecule has 1 aromatic heterocycles. The van der Waals surface area contributed by atoms with E-state index in [0.29, 0.717) is 18.0 Å². The molecular formula is C23H24N2O3S. The molecule has 2 aromatic carbocycles. The van der Waals surface area contributed by atoms with Crippen LogP contribution in [0.3, 0.4) is 0 Å². The van der Waals surface area contributed by atoms with Crippen LogP contribution in [0, 0.1) is 0 Å². The first-order valence-corrected chi connectivity index (χ1v) is 10.5. The van der Waals surface area contributed by atoms with Crippen molar-refractivity contribution < 1.29 is 14.3 Å². The van der Waals surface area contributed by atoms with E-state index in [9.17, 15) is 4.79 Å². The SMILES string of the molecule is COc1ccc(CCNC(=O)c2ccc(N3CCc4ccccc43)s2)cc1OC. The molecule has 0 spiro atoms. The molecule has 1 aliphatic heterocycles. The number of hydrogen-bond donors (Lipinski definition) is 1. The number of hydrogen-bond acceptors (Lipinski definition) is 5. The summed E-state index contributed by atoms with van der Waals surface area (Å²) in [5.74, 6) is 1.37. The van der Waals surface area contributed by atoms with Gasteiger partial charge in [0.05, 0.1) is 24.1 Å². The van der Waals surface area contributed by atoms with Crippen LogP contribution in [0.2, 0.25) is 0 Å². The monoisotopic (exact) mass is 408 g/mol. The van der Waals surface area contributed by atoms with Crippen LogP contribution in [0.15, 0.2) is 54.6 Å². The molecule has 1 amide bonds. The minimum absolute atomic E-state index is 0.0331.